The van der Waals surface area contributed by atoms with E-state index in [4.69, 9.17) is 5.73 Å². The first kappa shape index (κ1) is 10.6. The smallest absolute Gasteiger partial charge is 0.0963 e. The van der Waals surface area contributed by atoms with Crippen LogP contribution in [0.1, 0.15) is 24.4 Å². The van der Waals surface area contributed by atoms with Crippen molar-refractivity contribution in [2.24, 2.45) is 5.73 Å². The van der Waals surface area contributed by atoms with Crippen molar-refractivity contribution in [1.29, 1.82) is 0 Å². The van der Waals surface area contributed by atoms with E-state index in [-0.39, 0.29) is 6.04 Å². The Morgan fingerprint density at radius 1 is 1.33 bits per heavy atom. The molecule has 15 heavy (non-hydrogen) atoms. The van der Waals surface area contributed by atoms with E-state index < -0.39 is 5.60 Å². The van der Waals surface area contributed by atoms with Gasteiger partial charge < -0.3 is 16.2 Å². The molecule has 2 rings (SSSR count). The van der Waals surface area contributed by atoms with Gasteiger partial charge in [0.1, 0.15) is 0 Å². The number of aliphatic hydroxyl groups is 1. The Bertz CT molecular complexity index is 307. The molecule has 1 aromatic rings. The molecule has 0 radical (unpaired) electrons. The monoisotopic (exact) mass is 206 g/mol. The molecule has 1 saturated heterocycles. The number of hydrogen-bond donors (Lipinski definition) is 3. The van der Waals surface area contributed by atoms with Crippen LogP contribution >= 0.6 is 0 Å². The standard InChI is InChI=1S/C12H18N2O/c13-11(10-5-2-1-3-6-10)12(15)7-4-8-14-9-12/h1-3,5-6,11,14-15H,4,7-9,13H2. The maximum absolute atomic E-state index is 10.4. The van der Waals surface area contributed by atoms with Gasteiger partial charge in [-0.1, -0.05) is 30.3 Å². The molecule has 4 N–H and O–H groups in total. The summed E-state index contributed by atoms with van der Waals surface area (Å²) in [7, 11) is 0. The fourth-order valence-electron chi connectivity index (χ4n) is 2.15. The van der Waals surface area contributed by atoms with Crippen LogP contribution < -0.4 is 11.1 Å². The predicted octanol–water partition coefficient (Wildman–Crippen LogP) is 0.801. The topological polar surface area (TPSA) is 58.3 Å². The lowest BCUT2D eigenvalue weighted by molar-refractivity contribution is -0.00818. The van der Waals surface area contributed by atoms with Crippen molar-refractivity contribution in [2.45, 2.75) is 24.5 Å². The molecule has 0 bridgehead atoms. The van der Waals surface area contributed by atoms with Crippen LogP contribution in [0.25, 0.3) is 0 Å². The summed E-state index contributed by atoms with van der Waals surface area (Å²) in [5, 5.41) is 13.6. The van der Waals surface area contributed by atoms with Crippen LogP contribution in [0.3, 0.4) is 0 Å². The summed E-state index contributed by atoms with van der Waals surface area (Å²) >= 11 is 0. The molecule has 3 heteroatoms. The van der Waals surface area contributed by atoms with Crippen molar-refractivity contribution < 1.29 is 5.11 Å². The first-order valence-electron chi connectivity index (χ1n) is 5.46. The first-order valence-corrected chi connectivity index (χ1v) is 5.46. The fourth-order valence-corrected chi connectivity index (χ4v) is 2.15. The molecule has 1 heterocycles. The molecule has 0 aliphatic carbocycles. The summed E-state index contributed by atoms with van der Waals surface area (Å²) in [5.74, 6) is 0. The summed E-state index contributed by atoms with van der Waals surface area (Å²) in [6.07, 6.45) is 1.76. The Hall–Kier alpha value is -0.900. The number of nitrogens with two attached hydrogens (primary N) is 1. The number of benzene rings is 1. The highest BCUT2D eigenvalue weighted by molar-refractivity contribution is 5.22. The largest absolute Gasteiger partial charge is 0.387 e. The molecule has 3 nitrogen and oxygen atoms in total. The van der Waals surface area contributed by atoms with Crippen LogP contribution in [-0.4, -0.2) is 23.8 Å². The van der Waals surface area contributed by atoms with Crippen LogP contribution in [0.4, 0.5) is 0 Å². The lowest BCUT2D eigenvalue weighted by atomic mass is 9.83. The van der Waals surface area contributed by atoms with E-state index >= 15 is 0 Å². The van der Waals surface area contributed by atoms with Gasteiger partial charge in [-0.25, -0.2) is 0 Å². The molecular formula is C12H18N2O. The lowest BCUT2D eigenvalue weighted by Gasteiger charge is -2.37. The summed E-state index contributed by atoms with van der Waals surface area (Å²) in [6.45, 7) is 1.56. The van der Waals surface area contributed by atoms with Crippen molar-refractivity contribution in [3.8, 4) is 0 Å². The fraction of sp³-hybridized carbons (Fsp3) is 0.500. The molecule has 1 aliphatic heterocycles. The minimum atomic E-state index is -0.792. The Kier molecular flexibility index (Phi) is 3.05. The van der Waals surface area contributed by atoms with Crippen molar-refractivity contribution in [2.75, 3.05) is 13.1 Å². The average molecular weight is 206 g/mol. The third-order valence-electron chi connectivity index (χ3n) is 3.13. The molecule has 1 aliphatic rings. The van der Waals surface area contributed by atoms with Gasteiger partial charge in [-0.15, -0.1) is 0 Å². The maximum Gasteiger partial charge on any atom is 0.0963 e. The SMILES string of the molecule is NC(c1ccccc1)C1(O)CCCNC1. The first-order chi connectivity index (χ1) is 7.22. The van der Waals surface area contributed by atoms with Gasteiger partial charge in [0.05, 0.1) is 11.6 Å². The molecule has 1 fully saturated rings. The van der Waals surface area contributed by atoms with Crippen LogP contribution in [0, 0.1) is 0 Å². The second-order valence-corrected chi connectivity index (χ2v) is 4.27. The summed E-state index contributed by atoms with van der Waals surface area (Å²) < 4.78 is 0. The number of β-amino-alcohol motifs (C(OH)–C–C–N with tert-alkyl or cyclic N) is 1. The van der Waals surface area contributed by atoms with Crippen molar-refractivity contribution in [3.05, 3.63) is 35.9 Å². The summed E-state index contributed by atoms with van der Waals surface area (Å²) in [6, 6.07) is 9.50. The maximum atomic E-state index is 10.4. The van der Waals surface area contributed by atoms with Gasteiger partial charge in [0, 0.05) is 6.54 Å². The van der Waals surface area contributed by atoms with Gasteiger partial charge >= 0.3 is 0 Å². The van der Waals surface area contributed by atoms with Crippen molar-refractivity contribution in [1.82, 2.24) is 5.32 Å². The van der Waals surface area contributed by atoms with Crippen LogP contribution in [0.2, 0.25) is 0 Å². The third kappa shape index (κ3) is 2.20. The Balaban J connectivity index is 2.16. The van der Waals surface area contributed by atoms with E-state index in [0.717, 1.165) is 24.9 Å². The molecular weight excluding hydrogens is 188 g/mol. The van der Waals surface area contributed by atoms with Gasteiger partial charge in [-0.2, -0.15) is 0 Å². The zero-order chi connectivity index (χ0) is 10.7. The summed E-state index contributed by atoms with van der Waals surface area (Å²) in [5.41, 5.74) is 6.33. The average Bonchev–Trinajstić information content (AvgIpc) is 2.30. The van der Waals surface area contributed by atoms with Crippen LogP contribution in [-0.2, 0) is 0 Å². The normalized spacial score (nSPS) is 28.7. The van der Waals surface area contributed by atoms with E-state index in [9.17, 15) is 5.11 Å². The Morgan fingerprint density at radius 3 is 2.67 bits per heavy atom. The summed E-state index contributed by atoms with van der Waals surface area (Å²) in [4.78, 5) is 0. The second kappa shape index (κ2) is 4.31. The zero-order valence-corrected chi connectivity index (χ0v) is 8.82. The van der Waals surface area contributed by atoms with Crippen molar-refractivity contribution >= 4 is 0 Å². The molecule has 2 unspecified atom stereocenters. The number of piperidine rings is 1. The predicted molar refractivity (Wildman–Crippen MR) is 60.4 cm³/mol. The molecule has 0 saturated carbocycles. The van der Waals surface area contributed by atoms with E-state index in [0.29, 0.717) is 6.54 Å². The molecule has 2 atom stereocenters. The minimum Gasteiger partial charge on any atom is -0.387 e. The van der Waals surface area contributed by atoms with Gasteiger partial charge in [0.15, 0.2) is 0 Å². The van der Waals surface area contributed by atoms with Gasteiger partial charge in [-0.3, -0.25) is 0 Å². The highest BCUT2D eigenvalue weighted by atomic mass is 16.3. The third-order valence-corrected chi connectivity index (χ3v) is 3.13. The Labute approximate surface area is 90.3 Å². The van der Waals surface area contributed by atoms with Gasteiger partial charge in [-0.05, 0) is 24.9 Å². The highest BCUT2D eigenvalue weighted by Gasteiger charge is 2.36. The molecule has 0 aromatic heterocycles. The van der Waals surface area contributed by atoms with E-state index in [2.05, 4.69) is 5.32 Å². The van der Waals surface area contributed by atoms with E-state index in [1.807, 2.05) is 30.3 Å². The molecule has 1 aromatic carbocycles. The number of nitrogens with one attached hydrogen (secondary N) is 1. The van der Waals surface area contributed by atoms with Crippen LogP contribution in [0.15, 0.2) is 30.3 Å². The van der Waals surface area contributed by atoms with Gasteiger partial charge in [0.2, 0.25) is 0 Å². The quantitative estimate of drug-likeness (QED) is 0.671. The Morgan fingerprint density at radius 2 is 2.07 bits per heavy atom. The molecule has 0 amide bonds. The van der Waals surface area contributed by atoms with Crippen molar-refractivity contribution in [3.63, 3.8) is 0 Å². The second-order valence-electron chi connectivity index (χ2n) is 4.27. The zero-order valence-electron chi connectivity index (χ0n) is 8.82. The van der Waals surface area contributed by atoms with E-state index in [1.165, 1.54) is 0 Å². The molecule has 0 spiro atoms. The number of hydrogen-bond acceptors (Lipinski definition) is 3. The minimum absolute atomic E-state index is 0.300. The van der Waals surface area contributed by atoms with Gasteiger partial charge in [0.25, 0.3) is 0 Å². The highest BCUT2D eigenvalue weighted by Crippen LogP contribution is 2.29. The number of rotatable bonds is 2. The van der Waals surface area contributed by atoms with E-state index in [1.54, 1.807) is 0 Å². The molecule has 82 valence electrons. The van der Waals surface area contributed by atoms with Crippen LogP contribution in [0.5, 0.6) is 0 Å². The lowest BCUT2D eigenvalue weighted by Crippen LogP contribution is -2.52.